The Morgan fingerprint density at radius 2 is 2.05 bits per heavy atom. The van der Waals surface area contributed by atoms with Crippen LogP contribution in [0.25, 0.3) is 0 Å². The lowest BCUT2D eigenvalue weighted by Crippen LogP contribution is -2.34. The molecule has 0 bridgehead atoms. The van der Waals surface area contributed by atoms with Crippen LogP contribution in [0.4, 0.5) is 4.39 Å². The molecule has 5 heteroatoms. The molecule has 1 atom stereocenters. The van der Waals surface area contributed by atoms with E-state index in [0.717, 1.165) is 25.8 Å². The highest BCUT2D eigenvalue weighted by atomic mass is 35.5. The Balaban J connectivity index is 2.31. The molecule has 1 aromatic carbocycles. The molecule has 1 saturated heterocycles. The van der Waals surface area contributed by atoms with Crippen molar-refractivity contribution >= 4 is 29.0 Å². The standard InChI is InChI=1S/C17H22Cl2FNO/c1-16(2,3)4-5-17(6-7-21-10-17)15(22)11-8-12(18)14(19)13(20)9-11/h8-9,21H,4-7,10H2,1-3H3/t17-/m1/s1. The minimum absolute atomic E-state index is 0.0424. The molecular weight excluding hydrogens is 324 g/mol. The lowest BCUT2D eigenvalue weighted by Gasteiger charge is -2.30. The van der Waals surface area contributed by atoms with Gasteiger partial charge in [0.25, 0.3) is 0 Å². The van der Waals surface area contributed by atoms with Gasteiger partial charge in [0, 0.05) is 17.5 Å². The summed E-state index contributed by atoms with van der Waals surface area (Å²) in [6, 6.07) is 2.68. The maximum absolute atomic E-state index is 13.8. The number of ketones is 1. The van der Waals surface area contributed by atoms with Crippen molar-refractivity contribution in [1.29, 1.82) is 0 Å². The number of carbonyl (C=O) groups excluding carboxylic acids is 1. The highest BCUT2D eigenvalue weighted by molar-refractivity contribution is 6.42. The van der Waals surface area contributed by atoms with E-state index in [1.165, 1.54) is 12.1 Å². The van der Waals surface area contributed by atoms with Gasteiger partial charge in [-0.3, -0.25) is 4.79 Å². The predicted octanol–water partition coefficient (Wildman–Crippen LogP) is 5.12. The quantitative estimate of drug-likeness (QED) is 0.605. The minimum Gasteiger partial charge on any atom is -0.316 e. The predicted molar refractivity (Wildman–Crippen MR) is 89.4 cm³/mol. The van der Waals surface area contributed by atoms with Crippen LogP contribution in [0.2, 0.25) is 10.0 Å². The number of nitrogens with one attached hydrogen (secondary N) is 1. The number of carbonyl (C=O) groups is 1. The zero-order chi connectivity index (χ0) is 16.5. The second kappa shape index (κ2) is 6.46. The molecule has 0 aromatic heterocycles. The summed E-state index contributed by atoms with van der Waals surface area (Å²) in [5.74, 6) is -0.686. The third kappa shape index (κ3) is 3.81. The van der Waals surface area contributed by atoms with Gasteiger partial charge in [-0.05, 0) is 43.4 Å². The Bertz CT molecular complexity index is 552. The summed E-state index contributed by atoms with van der Waals surface area (Å²) < 4.78 is 13.8. The van der Waals surface area contributed by atoms with Crippen LogP contribution < -0.4 is 5.32 Å². The van der Waals surface area contributed by atoms with E-state index in [4.69, 9.17) is 23.2 Å². The summed E-state index contributed by atoms with van der Waals surface area (Å²) in [5.41, 5.74) is -0.0140. The van der Waals surface area contributed by atoms with Crippen LogP contribution in [0.1, 0.15) is 50.4 Å². The normalized spacial score (nSPS) is 22.1. The average Bonchev–Trinajstić information content (AvgIpc) is 2.90. The smallest absolute Gasteiger partial charge is 0.170 e. The van der Waals surface area contributed by atoms with Gasteiger partial charge in [0.2, 0.25) is 0 Å². The summed E-state index contributed by atoms with van der Waals surface area (Å²) in [6.45, 7) is 7.91. The van der Waals surface area contributed by atoms with Crippen molar-refractivity contribution in [3.8, 4) is 0 Å². The molecule has 0 aliphatic carbocycles. The molecule has 1 fully saturated rings. The van der Waals surface area contributed by atoms with Crippen LogP contribution in [0.15, 0.2) is 12.1 Å². The Labute approximate surface area is 141 Å². The molecule has 1 aromatic rings. The van der Waals surface area contributed by atoms with E-state index >= 15 is 0 Å². The number of hydrogen-bond donors (Lipinski definition) is 1. The lowest BCUT2D eigenvalue weighted by atomic mass is 9.72. The van der Waals surface area contributed by atoms with Gasteiger partial charge in [-0.2, -0.15) is 0 Å². The molecule has 0 saturated carbocycles. The SMILES string of the molecule is CC(C)(C)CC[C@@]1(C(=O)c2cc(F)c(Cl)c(Cl)c2)CCNC1. The summed E-state index contributed by atoms with van der Waals surface area (Å²) in [4.78, 5) is 13.0. The average molecular weight is 346 g/mol. The first-order chi connectivity index (χ1) is 10.1. The van der Waals surface area contributed by atoms with E-state index in [2.05, 4.69) is 26.1 Å². The number of rotatable bonds is 4. The van der Waals surface area contributed by atoms with Gasteiger partial charge in [0.05, 0.1) is 10.0 Å². The number of halogens is 3. The Morgan fingerprint density at radius 1 is 1.36 bits per heavy atom. The molecule has 122 valence electrons. The second-order valence-corrected chi connectivity index (χ2v) is 8.14. The monoisotopic (exact) mass is 345 g/mol. The number of hydrogen-bond acceptors (Lipinski definition) is 2. The summed E-state index contributed by atoms with van der Waals surface area (Å²) >= 11 is 11.7. The van der Waals surface area contributed by atoms with Crippen molar-refractivity contribution in [2.24, 2.45) is 10.8 Å². The molecule has 0 unspecified atom stereocenters. The molecule has 0 amide bonds. The van der Waals surface area contributed by atoms with Gasteiger partial charge in [-0.15, -0.1) is 0 Å². The summed E-state index contributed by atoms with van der Waals surface area (Å²) in [6.07, 6.45) is 2.48. The molecule has 2 nitrogen and oxygen atoms in total. The van der Waals surface area contributed by atoms with Gasteiger partial charge >= 0.3 is 0 Å². The van der Waals surface area contributed by atoms with Crippen LogP contribution in [0, 0.1) is 16.6 Å². The fourth-order valence-electron chi connectivity index (χ4n) is 2.87. The first-order valence-electron chi connectivity index (χ1n) is 7.55. The van der Waals surface area contributed by atoms with Crippen molar-refractivity contribution in [3.05, 3.63) is 33.6 Å². The maximum atomic E-state index is 13.8. The van der Waals surface area contributed by atoms with E-state index in [-0.39, 0.29) is 21.2 Å². The molecule has 2 rings (SSSR count). The van der Waals surface area contributed by atoms with E-state index in [1.807, 2.05) is 0 Å². The number of benzene rings is 1. The van der Waals surface area contributed by atoms with Crippen LogP contribution in [0.3, 0.4) is 0 Å². The number of Topliss-reactive ketones (excluding diaryl/α,β-unsaturated/α-hetero) is 1. The third-order valence-corrected chi connectivity index (χ3v) is 5.10. The van der Waals surface area contributed by atoms with E-state index in [9.17, 15) is 9.18 Å². The molecule has 1 aliphatic rings. The first-order valence-corrected chi connectivity index (χ1v) is 8.30. The third-order valence-electron chi connectivity index (χ3n) is 4.32. The van der Waals surface area contributed by atoms with Gasteiger partial charge < -0.3 is 5.32 Å². The Morgan fingerprint density at radius 3 is 2.55 bits per heavy atom. The van der Waals surface area contributed by atoms with Crippen molar-refractivity contribution in [1.82, 2.24) is 5.32 Å². The van der Waals surface area contributed by atoms with E-state index in [1.54, 1.807) is 0 Å². The fraction of sp³-hybridized carbons (Fsp3) is 0.588. The van der Waals surface area contributed by atoms with Crippen molar-refractivity contribution < 1.29 is 9.18 Å². The van der Waals surface area contributed by atoms with Gasteiger partial charge in [0.1, 0.15) is 5.82 Å². The fourth-order valence-corrected chi connectivity index (χ4v) is 3.19. The zero-order valence-corrected chi connectivity index (χ0v) is 14.7. The first kappa shape index (κ1) is 17.7. The molecule has 0 radical (unpaired) electrons. The second-order valence-electron chi connectivity index (χ2n) is 7.35. The van der Waals surface area contributed by atoms with Crippen LogP contribution in [0.5, 0.6) is 0 Å². The molecule has 0 spiro atoms. The highest BCUT2D eigenvalue weighted by Crippen LogP contribution is 2.39. The van der Waals surface area contributed by atoms with Crippen molar-refractivity contribution in [3.63, 3.8) is 0 Å². The van der Waals surface area contributed by atoms with Crippen LogP contribution in [-0.4, -0.2) is 18.9 Å². The van der Waals surface area contributed by atoms with Crippen LogP contribution in [-0.2, 0) is 0 Å². The topological polar surface area (TPSA) is 29.1 Å². The van der Waals surface area contributed by atoms with E-state index in [0.29, 0.717) is 12.1 Å². The van der Waals surface area contributed by atoms with Crippen molar-refractivity contribution in [2.45, 2.75) is 40.0 Å². The Kier molecular flexibility index (Phi) is 5.20. The lowest BCUT2D eigenvalue weighted by molar-refractivity contribution is 0.0783. The van der Waals surface area contributed by atoms with Gasteiger partial charge in [-0.1, -0.05) is 44.0 Å². The van der Waals surface area contributed by atoms with E-state index < -0.39 is 11.2 Å². The van der Waals surface area contributed by atoms with Gasteiger partial charge in [0.15, 0.2) is 5.78 Å². The van der Waals surface area contributed by atoms with Crippen molar-refractivity contribution in [2.75, 3.05) is 13.1 Å². The summed E-state index contributed by atoms with van der Waals surface area (Å²) in [7, 11) is 0. The molecule has 1 heterocycles. The summed E-state index contributed by atoms with van der Waals surface area (Å²) in [5, 5.41) is 3.22. The zero-order valence-electron chi connectivity index (χ0n) is 13.2. The maximum Gasteiger partial charge on any atom is 0.170 e. The molecular formula is C17H22Cl2FNO. The largest absolute Gasteiger partial charge is 0.316 e. The molecule has 1 N–H and O–H groups in total. The molecule has 1 aliphatic heterocycles. The minimum atomic E-state index is -0.644. The Hall–Kier alpha value is -0.640. The van der Waals surface area contributed by atoms with Crippen LogP contribution >= 0.6 is 23.2 Å². The highest BCUT2D eigenvalue weighted by Gasteiger charge is 2.42. The van der Waals surface area contributed by atoms with Gasteiger partial charge in [-0.25, -0.2) is 4.39 Å². The molecule has 22 heavy (non-hydrogen) atoms.